The number of nitrogens with one attached hydrogen (secondary N) is 1. The number of hydrogen-bond donors (Lipinski definition) is 1. The third kappa shape index (κ3) is 2.02. The third-order valence-corrected chi connectivity index (χ3v) is 3.84. The molecular weight excluding hydrogens is 317 g/mol. The van der Waals surface area contributed by atoms with Crippen molar-refractivity contribution in [1.82, 2.24) is 9.97 Å². The van der Waals surface area contributed by atoms with Crippen LogP contribution in [0.15, 0.2) is 6.20 Å². The van der Waals surface area contributed by atoms with Crippen LogP contribution < -0.4 is 5.32 Å². The Morgan fingerprint density at radius 3 is 2.81 bits per heavy atom. The van der Waals surface area contributed by atoms with E-state index in [-0.39, 0.29) is 5.60 Å². The van der Waals surface area contributed by atoms with Crippen molar-refractivity contribution >= 4 is 28.4 Å². The number of halogens is 1. The lowest BCUT2D eigenvalue weighted by Crippen LogP contribution is -2.38. The quantitative estimate of drug-likeness (QED) is 0.861. The first-order chi connectivity index (χ1) is 7.72. The van der Waals surface area contributed by atoms with Gasteiger partial charge in [0.25, 0.3) is 0 Å². The fourth-order valence-corrected chi connectivity index (χ4v) is 2.35. The number of aromatic nitrogens is 2. The van der Waals surface area contributed by atoms with Gasteiger partial charge >= 0.3 is 0 Å². The Labute approximate surface area is 109 Å². The zero-order valence-electron chi connectivity index (χ0n) is 9.59. The molecule has 0 saturated heterocycles. The number of nitrogens with zero attached hydrogens (tertiary/aromatic N) is 2. The zero-order chi connectivity index (χ0) is 11.6. The van der Waals surface area contributed by atoms with Gasteiger partial charge in [-0.2, -0.15) is 0 Å². The topological polar surface area (TPSA) is 47.0 Å². The molecule has 0 radical (unpaired) electrons. The second kappa shape index (κ2) is 4.83. The molecule has 88 valence electrons. The van der Waals surface area contributed by atoms with Gasteiger partial charge in [-0.3, -0.25) is 0 Å². The summed E-state index contributed by atoms with van der Waals surface area (Å²) in [4.78, 5) is 8.97. The van der Waals surface area contributed by atoms with E-state index in [1.54, 1.807) is 7.11 Å². The highest BCUT2D eigenvalue weighted by molar-refractivity contribution is 14.1. The minimum atomic E-state index is -0.228. The Balaban J connectivity index is 2.31. The molecule has 0 bridgehead atoms. The van der Waals surface area contributed by atoms with E-state index in [4.69, 9.17) is 4.74 Å². The summed E-state index contributed by atoms with van der Waals surface area (Å²) in [5, 5.41) is 3.25. The van der Waals surface area contributed by atoms with Crippen molar-refractivity contribution in [2.24, 2.45) is 0 Å². The molecule has 4 nitrogen and oxygen atoms in total. The van der Waals surface area contributed by atoms with E-state index in [0.29, 0.717) is 0 Å². The highest BCUT2D eigenvalue weighted by Gasteiger charge is 2.41. The van der Waals surface area contributed by atoms with Crippen LogP contribution in [0.5, 0.6) is 0 Å². The van der Waals surface area contributed by atoms with Crippen molar-refractivity contribution in [3.63, 3.8) is 0 Å². The Kier molecular flexibility index (Phi) is 3.63. The highest BCUT2D eigenvalue weighted by atomic mass is 127. The molecule has 1 N–H and O–H groups in total. The molecule has 0 atom stereocenters. The van der Waals surface area contributed by atoms with Gasteiger partial charge in [0, 0.05) is 19.9 Å². The molecule has 1 saturated carbocycles. The lowest BCUT2D eigenvalue weighted by atomic mass is 9.79. The van der Waals surface area contributed by atoms with Gasteiger partial charge in [0.1, 0.15) is 11.4 Å². The molecule has 1 heterocycles. The van der Waals surface area contributed by atoms with E-state index in [1.165, 1.54) is 6.42 Å². The summed E-state index contributed by atoms with van der Waals surface area (Å²) >= 11 is 2.24. The van der Waals surface area contributed by atoms with Crippen LogP contribution in [-0.4, -0.2) is 23.6 Å². The monoisotopic (exact) mass is 333 g/mol. The van der Waals surface area contributed by atoms with Crippen LogP contribution in [0.3, 0.4) is 0 Å². The molecule has 0 unspecified atom stereocenters. The van der Waals surface area contributed by atoms with Gasteiger partial charge in [0.2, 0.25) is 0 Å². The summed E-state index contributed by atoms with van der Waals surface area (Å²) in [5.74, 6) is 1.73. The maximum atomic E-state index is 5.58. The van der Waals surface area contributed by atoms with Gasteiger partial charge in [0.05, 0.1) is 3.57 Å². The second-order valence-electron chi connectivity index (χ2n) is 3.97. The number of hydrogen-bond acceptors (Lipinski definition) is 4. The summed E-state index contributed by atoms with van der Waals surface area (Å²) < 4.78 is 6.63. The van der Waals surface area contributed by atoms with Crippen molar-refractivity contribution in [1.29, 1.82) is 0 Å². The smallest absolute Gasteiger partial charge is 0.162 e. The van der Waals surface area contributed by atoms with E-state index in [9.17, 15) is 0 Å². The Morgan fingerprint density at radius 1 is 1.56 bits per heavy atom. The molecule has 1 aromatic heterocycles. The molecule has 5 heteroatoms. The predicted octanol–water partition coefficient (Wildman–Crippen LogP) is 2.54. The number of methoxy groups -OCH3 is 1. The molecular formula is C11H16IN3O. The van der Waals surface area contributed by atoms with E-state index in [0.717, 1.165) is 34.6 Å². The third-order valence-electron chi connectivity index (χ3n) is 3.05. The van der Waals surface area contributed by atoms with E-state index in [2.05, 4.69) is 44.8 Å². The molecule has 1 aliphatic rings. The summed E-state index contributed by atoms with van der Waals surface area (Å²) in [5.41, 5.74) is -0.228. The molecule has 0 aliphatic heterocycles. The van der Waals surface area contributed by atoms with Gasteiger partial charge in [-0.05, 0) is 48.8 Å². The van der Waals surface area contributed by atoms with Crippen LogP contribution in [0.25, 0.3) is 0 Å². The largest absolute Gasteiger partial charge is 0.370 e. The van der Waals surface area contributed by atoms with Gasteiger partial charge in [-0.25, -0.2) is 9.97 Å². The number of rotatable bonds is 4. The minimum absolute atomic E-state index is 0.228. The van der Waals surface area contributed by atoms with Crippen LogP contribution >= 0.6 is 22.6 Å². The summed E-state index contributed by atoms with van der Waals surface area (Å²) in [6.07, 6.45) is 5.10. The SMILES string of the molecule is CCNc1nc(C2(OC)CCC2)ncc1I. The number of ether oxygens (including phenoxy) is 1. The van der Waals surface area contributed by atoms with E-state index < -0.39 is 0 Å². The fraction of sp³-hybridized carbons (Fsp3) is 0.636. The Hall–Kier alpha value is -0.430. The molecule has 0 spiro atoms. The first-order valence-electron chi connectivity index (χ1n) is 5.54. The molecule has 2 rings (SSSR count). The maximum Gasteiger partial charge on any atom is 0.162 e. The minimum Gasteiger partial charge on any atom is -0.370 e. The average Bonchev–Trinajstić information content (AvgIpc) is 2.22. The van der Waals surface area contributed by atoms with Crippen molar-refractivity contribution in [2.45, 2.75) is 31.8 Å². The van der Waals surface area contributed by atoms with Crippen molar-refractivity contribution < 1.29 is 4.74 Å². The second-order valence-corrected chi connectivity index (χ2v) is 5.13. The molecule has 0 amide bonds. The lowest BCUT2D eigenvalue weighted by Gasteiger charge is -2.38. The fourth-order valence-electron chi connectivity index (χ4n) is 1.89. The number of anilines is 1. The molecule has 16 heavy (non-hydrogen) atoms. The van der Waals surface area contributed by atoms with E-state index in [1.807, 2.05) is 6.20 Å². The van der Waals surface area contributed by atoms with Crippen LogP contribution in [0.2, 0.25) is 0 Å². The van der Waals surface area contributed by atoms with Crippen molar-refractivity contribution in [3.8, 4) is 0 Å². The van der Waals surface area contributed by atoms with Gasteiger partial charge in [-0.1, -0.05) is 0 Å². The standard InChI is InChI=1S/C11H16IN3O/c1-3-13-9-8(12)7-14-10(15-9)11(16-2)5-4-6-11/h7H,3-6H2,1-2H3,(H,13,14,15). The van der Waals surface area contributed by atoms with Crippen LogP contribution in [0, 0.1) is 3.57 Å². The summed E-state index contributed by atoms with van der Waals surface area (Å²) in [7, 11) is 1.74. The molecule has 1 aliphatic carbocycles. The van der Waals surface area contributed by atoms with Gasteiger partial charge in [0.15, 0.2) is 5.82 Å². The highest BCUT2D eigenvalue weighted by Crippen LogP contribution is 2.42. The molecule has 1 aromatic rings. The Bertz CT molecular complexity index is 374. The molecule has 1 fully saturated rings. The normalized spacial score (nSPS) is 17.9. The predicted molar refractivity (Wildman–Crippen MR) is 71.5 cm³/mol. The average molecular weight is 333 g/mol. The maximum absolute atomic E-state index is 5.58. The van der Waals surface area contributed by atoms with Gasteiger partial charge in [-0.15, -0.1) is 0 Å². The first kappa shape index (κ1) is 12.0. The molecule has 0 aromatic carbocycles. The lowest BCUT2D eigenvalue weighted by molar-refractivity contribution is -0.0845. The van der Waals surface area contributed by atoms with Crippen LogP contribution in [0.1, 0.15) is 32.0 Å². The van der Waals surface area contributed by atoms with Crippen LogP contribution in [0.4, 0.5) is 5.82 Å². The van der Waals surface area contributed by atoms with E-state index >= 15 is 0 Å². The Morgan fingerprint density at radius 2 is 2.31 bits per heavy atom. The summed E-state index contributed by atoms with van der Waals surface area (Å²) in [6, 6.07) is 0. The first-order valence-corrected chi connectivity index (χ1v) is 6.62. The van der Waals surface area contributed by atoms with Crippen molar-refractivity contribution in [2.75, 3.05) is 19.0 Å². The van der Waals surface area contributed by atoms with Gasteiger partial charge < -0.3 is 10.1 Å². The van der Waals surface area contributed by atoms with Crippen molar-refractivity contribution in [3.05, 3.63) is 15.6 Å². The summed E-state index contributed by atoms with van der Waals surface area (Å²) in [6.45, 7) is 2.93. The zero-order valence-corrected chi connectivity index (χ0v) is 11.7. The van der Waals surface area contributed by atoms with Crippen LogP contribution in [-0.2, 0) is 10.3 Å².